The highest BCUT2D eigenvalue weighted by molar-refractivity contribution is 7.89. The van der Waals surface area contributed by atoms with Crippen LogP contribution in [0.25, 0.3) is 0 Å². The summed E-state index contributed by atoms with van der Waals surface area (Å²) in [5.74, 6) is 0. The fraction of sp³-hybridized carbons (Fsp3) is 0.571. The number of nitrogens with one attached hydrogen (secondary N) is 1. The number of piperidine rings is 1. The van der Waals surface area contributed by atoms with E-state index in [2.05, 4.69) is 16.5 Å². The highest BCUT2D eigenvalue weighted by Crippen LogP contribution is 2.22. The molecule has 1 fully saturated rings. The normalized spacial score (nSPS) is 19.9. The van der Waals surface area contributed by atoms with Gasteiger partial charge in [-0.05, 0) is 31.5 Å². The van der Waals surface area contributed by atoms with Crippen molar-refractivity contribution >= 4 is 10.0 Å². The molecule has 20 heavy (non-hydrogen) atoms. The van der Waals surface area contributed by atoms with Gasteiger partial charge in [0.15, 0.2) is 0 Å². The summed E-state index contributed by atoms with van der Waals surface area (Å²) >= 11 is 0. The van der Waals surface area contributed by atoms with Crippen molar-refractivity contribution in [1.82, 2.24) is 9.62 Å². The molecule has 2 N–H and O–H groups in total. The zero-order valence-corrected chi connectivity index (χ0v) is 12.6. The maximum atomic E-state index is 12.1. The molecule has 1 aromatic rings. The van der Waals surface area contributed by atoms with E-state index in [1.807, 2.05) is 0 Å². The van der Waals surface area contributed by atoms with Crippen molar-refractivity contribution in [3.8, 4) is 0 Å². The van der Waals surface area contributed by atoms with Crippen LogP contribution in [0.5, 0.6) is 0 Å². The Balaban J connectivity index is 1.95. The average Bonchev–Trinajstić information content (AvgIpc) is 2.47. The third kappa shape index (κ3) is 3.79. The number of hydrogen-bond donors (Lipinski definition) is 2. The largest absolute Gasteiger partial charge is 0.388 e. The van der Waals surface area contributed by atoms with Crippen LogP contribution >= 0.6 is 0 Å². The van der Waals surface area contributed by atoms with Gasteiger partial charge in [0.25, 0.3) is 0 Å². The molecule has 0 saturated carbocycles. The number of sulfonamides is 1. The molecule has 1 aliphatic rings. The molecule has 6 heteroatoms. The summed E-state index contributed by atoms with van der Waals surface area (Å²) in [6, 6.07) is 8.23. The van der Waals surface area contributed by atoms with Crippen molar-refractivity contribution in [1.29, 1.82) is 0 Å². The molecule has 0 atom stereocenters. The SMILES string of the molecule is CCN1CCC(O)(CNS(=O)(=O)c2ccccc2)CC1. The highest BCUT2D eigenvalue weighted by Gasteiger charge is 2.33. The lowest BCUT2D eigenvalue weighted by Crippen LogP contribution is -2.50. The van der Waals surface area contributed by atoms with Crippen LogP contribution in [0.2, 0.25) is 0 Å². The number of nitrogens with zero attached hydrogens (tertiary/aromatic N) is 1. The lowest BCUT2D eigenvalue weighted by Gasteiger charge is -2.37. The molecular weight excluding hydrogens is 276 g/mol. The molecule has 1 saturated heterocycles. The molecule has 112 valence electrons. The van der Waals surface area contributed by atoms with Crippen LogP contribution in [0, 0.1) is 0 Å². The molecule has 1 aliphatic heterocycles. The van der Waals surface area contributed by atoms with Crippen LogP contribution in [0.4, 0.5) is 0 Å². The molecular formula is C14H22N2O3S. The van der Waals surface area contributed by atoms with E-state index in [4.69, 9.17) is 0 Å². The minimum Gasteiger partial charge on any atom is -0.388 e. The van der Waals surface area contributed by atoms with Gasteiger partial charge in [0.2, 0.25) is 10.0 Å². The van der Waals surface area contributed by atoms with Crippen LogP contribution in [-0.2, 0) is 10.0 Å². The Bertz CT molecular complexity index is 523. The van der Waals surface area contributed by atoms with Gasteiger partial charge < -0.3 is 10.0 Å². The minimum atomic E-state index is -3.54. The van der Waals surface area contributed by atoms with Gasteiger partial charge in [-0.25, -0.2) is 13.1 Å². The Morgan fingerprint density at radius 1 is 1.25 bits per heavy atom. The fourth-order valence-electron chi connectivity index (χ4n) is 2.37. The van der Waals surface area contributed by atoms with Gasteiger partial charge in [0.1, 0.15) is 0 Å². The summed E-state index contributed by atoms with van der Waals surface area (Å²) in [5, 5.41) is 10.4. The topological polar surface area (TPSA) is 69.6 Å². The quantitative estimate of drug-likeness (QED) is 0.844. The number of aliphatic hydroxyl groups is 1. The zero-order chi connectivity index (χ0) is 14.6. The van der Waals surface area contributed by atoms with E-state index in [1.165, 1.54) is 0 Å². The molecule has 0 aromatic heterocycles. The van der Waals surface area contributed by atoms with Gasteiger partial charge in [-0.2, -0.15) is 0 Å². The maximum Gasteiger partial charge on any atom is 0.240 e. The van der Waals surface area contributed by atoms with E-state index in [9.17, 15) is 13.5 Å². The molecule has 0 unspecified atom stereocenters. The first kappa shape index (κ1) is 15.4. The smallest absolute Gasteiger partial charge is 0.240 e. The minimum absolute atomic E-state index is 0.0712. The van der Waals surface area contributed by atoms with Crippen LogP contribution in [0.3, 0.4) is 0 Å². The first-order chi connectivity index (χ1) is 9.45. The van der Waals surface area contributed by atoms with Crippen LogP contribution in [0.1, 0.15) is 19.8 Å². The van der Waals surface area contributed by atoms with Crippen LogP contribution < -0.4 is 4.72 Å². The van der Waals surface area contributed by atoms with Crippen molar-refractivity contribution in [3.63, 3.8) is 0 Å². The van der Waals surface area contributed by atoms with Crippen molar-refractivity contribution in [2.24, 2.45) is 0 Å². The Morgan fingerprint density at radius 3 is 2.40 bits per heavy atom. The predicted molar refractivity (Wildman–Crippen MR) is 77.9 cm³/mol. The standard InChI is InChI=1S/C14H22N2O3S/c1-2-16-10-8-14(17,9-11-16)12-15-20(18,19)13-6-4-3-5-7-13/h3-7,15,17H,2,8-12H2,1H3. The lowest BCUT2D eigenvalue weighted by molar-refractivity contribution is -0.0149. The molecule has 0 aliphatic carbocycles. The number of benzene rings is 1. The molecule has 1 heterocycles. The Kier molecular flexibility index (Phi) is 4.80. The molecule has 0 bridgehead atoms. The molecule has 2 rings (SSSR count). The number of likely N-dealkylation sites (tertiary alicyclic amines) is 1. The van der Waals surface area contributed by atoms with E-state index in [0.29, 0.717) is 12.8 Å². The van der Waals surface area contributed by atoms with Gasteiger partial charge >= 0.3 is 0 Å². The van der Waals surface area contributed by atoms with Crippen molar-refractivity contribution < 1.29 is 13.5 Å². The summed E-state index contributed by atoms with van der Waals surface area (Å²) in [6.45, 7) is 4.73. The van der Waals surface area contributed by atoms with Gasteiger partial charge in [0, 0.05) is 19.6 Å². The zero-order valence-electron chi connectivity index (χ0n) is 11.7. The first-order valence-corrected chi connectivity index (χ1v) is 8.43. The average molecular weight is 298 g/mol. The van der Waals surface area contributed by atoms with Crippen molar-refractivity contribution in [2.45, 2.75) is 30.3 Å². The molecule has 1 aromatic carbocycles. The Labute approximate surface area is 120 Å². The van der Waals surface area contributed by atoms with Crippen LogP contribution in [0.15, 0.2) is 35.2 Å². The Morgan fingerprint density at radius 2 is 1.85 bits per heavy atom. The molecule has 0 amide bonds. The van der Waals surface area contributed by atoms with E-state index in [-0.39, 0.29) is 11.4 Å². The first-order valence-electron chi connectivity index (χ1n) is 6.95. The predicted octanol–water partition coefficient (Wildman–Crippen LogP) is 0.812. The number of hydrogen-bond acceptors (Lipinski definition) is 4. The van der Waals surface area contributed by atoms with Crippen molar-refractivity contribution in [2.75, 3.05) is 26.2 Å². The lowest BCUT2D eigenvalue weighted by atomic mass is 9.92. The highest BCUT2D eigenvalue weighted by atomic mass is 32.2. The van der Waals surface area contributed by atoms with Gasteiger partial charge in [-0.3, -0.25) is 0 Å². The van der Waals surface area contributed by atoms with E-state index in [0.717, 1.165) is 19.6 Å². The van der Waals surface area contributed by atoms with Gasteiger partial charge in [0.05, 0.1) is 10.5 Å². The summed E-state index contributed by atoms with van der Waals surface area (Å²) in [6.07, 6.45) is 1.19. The van der Waals surface area contributed by atoms with E-state index < -0.39 is 15.6 Å². The monoisotopic (exact) mass is 298 g/mol. The van der Waals surface area contributed by atoms with Gasteiger partial charge in [-0.15, -0.1) is 0 Å². The Hall–Kier alpha value is -0.950. The van der Waals surface area contributed by atoms with E-state index in [1.54, 1.807) is 30.3 Å². The second-order valence-corrected chi connectivity index (χ2v) is 7.06. The maximum absolute atomic E-state index is 12.1. The molecule has 0 radical (unpaired) electrons. The third-order valence-electron chi connectivity index (χ3n) is 3.88. The molecule has 5 nitrogen and oxygen atoms in total. The summed E-state index contributed by atoms with van der Waals surface area (Å²) in [7, 11) is -3.54. The molecule has 0 spiro atoms. The van der Waals surface area contributed by atoms with E-state index >= 15 is 0 Å². The third-order valence-corrected chi connectivity index (χ3v) is 5.30. The second kappa shape index (κ2) is 6.22. The summed E-state index contributed by atoms with van der Waals surface area (Å²) in [5.41, 5.74) is -0.937. The summed E-state index contributed by atoms with van der Waals surface area (Å²) < 4.78 is 26.7. The van der Waals surface area contributed by atoms with Crippen LogP contribution in [-0.4, -0.2) is 50.2 Å². The summed E-state index contributed by atoms with van der Waals surface area (Å²) in [4.78, 5) is 2.48. The van der Waals surface area contributed by atoms with Crippen molar-refractivity contribution in [3.05, 3.63) is 30.3 Å². The fourth-order valence-corrected chi connectivity index (χ4v) is 3.52. The number of rotatable bonds is 5. The van der Waals surface area contributed by atoms with Gasteiger partial charge in [-0.1, -0.05) is 25.1 Å². The second-order valence-electron chi connectivity index (χ2n) is 5.30.